The number of hydrogen-bond donors (Lipinski definition) is 2. The Morgan fingerprint density at radius 1 is 0.810 bits per heavy atom. The molecule has 0 aliphatic rings. The first kappa shape index (κ1) is 15.4. The molecule has 112 valence electrons. The van der Waals surface area contributed by atoms with Gasteiger partial charge < -0.3 is 10.6 Å². The van der Waals surface area contributed by atoms with E-state index in [-0.39, 0.29) is 0 Å². The van der Waals surface area contributed by atoms with Crippen LogP contribution in [0.2, 0.25) is 0 Å². The Morgan fingerprint density at radius 2 is 1.43 bits per heavy atom. The highest BCUT2D eigenvalue weighted by Crippen LogP contribution is 2.23. The maximum absolute atomic E-state index is 3.54. The third-order valence-electron chi connectivity index (χ3n) is 3.81. The number of hydrogen-bond acceptors (Lipinski definition) is 2. The maximum Gasteiger partial charge on any atom is 0.0400 e. The van der Waals surface area contributed by atoms with Crippen LogP contribution in [-0.2, 0) is 0 Å². The highest BCUT2D eigenvalue weighted by molar-refractivity contribution is 5.57. The molecule has 21 heavy (non-hydrogen) atoms. The molecular formula is C19H26N2. The van der Waals surface area contributed by atoms with E-state index in [0.29, 0.717) is 5.92 Å². The van der Waals surface area contributed by atoms with Crippen LogP contribution < -0.4 is 10.6 Å². The number of nitrogens with one attached hydrogen (secondary N) is 2. The van der Waals surface area contributed by atoms with Crippen LogP contribution in [0, 0.1) is 13.8 Å². The second-order valence-corrected chi connectivity index (χ2v) is 5.86. The van der Waals surface area contributed by atoms with Crippen molar-refractivity contribution < 1.29 is 0 Å². The van der Waals surface area contributed by atoms with Crippen molar-refractivity contribution >= 4 is 11.4 Å². The minimum atomic E-state index is 0.542. The van der Waals surface area contributed by atoms with E-state index in [1.54, 1.807) is 0 Å². The summed E-state index contributed by atoms with van der Waals surface area (Å²) in [6, 6.07) is 15.0. The zero-order valence-corrected chi connectivity index (χ0v) is 13.5. The molecular weight excluding hydrogens is 256 g/mol. The zero-order valence-electron chi connectivity index (χ0n) is 13.5. The minimum Gasteiger partial charge on any atom is -0.383 e. The number of anilines is 2. The second-order valence-electron chi connectivity index (χ2n) is 5.86. The van der Waals surface area contributed by atoms with Gasteiger partial charge in [0.15, 0.2) is 0 Å². The van der Waals surface area contributed by atoms with E-state index in [9.17, 15) is 0 Å². The average Bonchev–Trinajstić information content (AvgIpc) is 2.46. The van der Waals surface area contributed by atoms with Crippen molar-refractivity contribution in [1.82, 2.24) is 0 Å². The van der Waals surface area contributed by atoms with Gasteiger partial charge in [-0.25, -0.2) is 0 Å². The van der Waals surface area contributed by atoms with E-state index in [1.807, 2.05) is 0 Å². The van der Waals surface area contributed by atoms with Crippen molar-refractivity contribution in [2.45, 2.75) is 33.6 Å². The van der Waals surface area contributed by atoms with Crippen LogP contribution in [0.25, 0.3) is 0 Å². The predicted octanol–water partition coefficient (Wildman–Crippen LogP) is 4.95. The zero-order chi connectivity index (χ0) is 15.2. The molecule has 0 amide bonds. The van der Waals surface area contributed by atoms with Crippen LogP contribution >= 0.6 is 0 Å². The van der Waals surface area contributed by atoms with Gasteiger partial charge in [0.1, 0.15) is 0 Å². The lowest BCUT2D eigenvalue weighted by molar-refractivity contribution is 0.865. The van der Waals surface area contributed by atoms with E-state index in [4.69, 9.17) is 0 Å². The van der Waals surface area contributed by atoms with Gasteiger partial charge in [0.25, 0.3) is 0 Å². The quantitative estimate of drug-likeness (QED) is 0.732. The fraction of sp³-hybridized carbons (Fsp3) is 0.368. The lowest BCUT2D eigenvalue weighted by Gasteiger charge is -2.16. The molecule has 0 unspecified atom stereocenters. The first-order chi connectivity index (χ1) is 10.1. The summed E-state index contributed by atoms with van der Waals surface area (Å²) in [5.41, 5.74) is 6.49. The Hall–Kier alpha value is -1.96. The van der Waals surface area contributed by atoms with Crippen LogP contribution in [0.3, 0.4) is 0 Å². The molecule has 2 rings (SSSR count). The van der Waals surface area contributed by atoms with Crippen LogP contribution in [0.5, 0.6) is 0 Å². The van der Waals surface area contributed by atoms with Crippen molar-refractivity contribution in [2.24, 2.45) is 0 Å². The first-order valence-electron chi connectivity index (χ1n) is 7.72. The summed E-state index contributed by atoms with van der Waals surface area (Å²) in [6.07, 6.45) is 0. The topological polar surface area (TPSA) is 24.1 Å². The van der Waals surface area contributed by atoms with Gasteiger partial charge in [0, 0.05) is 24.5 Å². The standard InChI is InChI=1S/C19H26N2/c1-14(2)17-10-5-6-11-18(17)20-12-13-21-19-15(3)8-7-9-16(19)4/h5-11,14,20-21H,12-13H2,1-4H3. The van der Waals surface area contributed by atoms with Gasteiger partial charge in [-0.15, -0.1) is 0 Å². The molecule has 0 saturated carbocycles. The summed E-state index contributed by atoms with van der Waals surface area (Å²) in [6.45, 7) is 10.6. The molecule has 0 radical (unpaired) electrons. The Balaban J connectivity index is 1.91. The van der Waals surface area contributed by atoms with Crippen molar-refractivity contribution in [3.05, 3.63) is 59.2 Å². The summed E-state index contributed by atoms with van der Waals surface area (Å²) in [5.74, 6) is 0.542. The molecule has 0 fully saturated rings. The smallest absolute Gasteiger partial charge is 0.0400 e. The van der Waals surface area contributed by atoms with Crippen molar-refractivity contribution in [3.63, 3.8) is 0 Å². The van der Waals surface area contributed by atoms with E-state index >= 15 is 0 Å². The summed E-state index contributed by atoms with van der Waals surface area (Å²) >= 11 is 0. The number of para-hydroxylation sites is 2. The van der Waals surface area contributed by atoms with Crippen molar-refractivity contribution in [1.29, 1.82) is 0 Å². The van der Waals surface area contributed by atoms with Crippen LogP contribution in [0.1, 0.15) is 36.5 Å². The lowest BCUT2D eigenvalue weighted by atomic mass is 10.0. The van der Waals surface area contributed by atoms with E-state index < -0.39 is 0 Å². The SMILES string of the molecule is Cc1cccc(C)c1NCCNc1ccccc1C(C)C. The maximum atomic E-state index is 3.54. The normalized spacial score (nSPS) is 10.7. The summed E-state index contributed by atoms with van der Waals surface area (Å²) in [5, 5.41) is 7.08. The monoisotopic (exact) mass is 282 g/mol. The van der Waals surface area contributed by atoms with E-state index in [1.165, 1.54) is 28.1 Å². The average molecular weight is 282 g/mol. The fourth-order valence-corrected chi connectivity index (χ4v) is 2.64. The minimum absolute atomic E-state index is 0.542. The van der Waals surface area contributed by atoms with Gasteiger partial charge in [-0.1, -0.05) is 50.2 Å². The molecule has 0 aliphatic heterocycles. The van der Waals surface area contributed by atoms with Gasteiger partial charge in [-0.2, -0.15) is 0 Å². The molecule has 0 bridgehead atoms. The molecule has 2 heteroatoms. The Kier molecular flexibility index (Phi) is 5.26. The predicted molar refractivity (Wildman–Crippen MR) is 93.4 cm³/mol. The van der Waals surface area contributed by atoms with E-state index in [2.05, 4.69) is 80.8 Å². The first-order valence-corrected chi connectivity index (χ1v) is 7.72. The second kappa shape index (κ2) is 7.16. The van der Waals surface area contributed by atoms with Crippen molar-refractivity contribution in [2.75, 3.05) is 23.7 Å². The Bertz CT molecular complexity index is 568. The lowest BCUT2D eigenvalue weighted by Crippen LogP contribution is -2.15. The van der Waals surface area contributed by atoms with Gasteiger partial charge in [-0.3, -0.25) is 0 Å². The summed E-state index contributed by atoms with van der Waals surface area (Å²) in [4.78, 5) is 0. The van der Waals surface area contributed by atoms with E-state index in [0.717, 1.165) is 13.1 Å². The molecule has 0 spiro atoms. The van der Waals surface area contributed by atoms with Gasteiger partial charge in [0.05, 0.1) is 0 Å². The molecule has 2 N–H and O–H groups in total. The van der Waals surface area contributed by atoms with Gasteiger partial charge in [0.2, 0.25) is 0 Å². The third kappa shape index (κ3) is 4.01. The highest BCUT2D eigenvalue weighted by atomic mass is 15.0. The van der Waals surface area contributed by atoms with Crippen LogP contribution in [0.15, 0.2) is 42.5 Å². The Morgan fingerprint density at radius 3 is 2.10 bits per heavy atom. The number of benzene rings is 2. The fourth-order valence-electron chi connectivity index (χ4n) is 2.64. The van der Waals surface area contributed by atoms with Gasteiger partial charge >= 0.3 is 0 Å². The Labute approximate surface area is 128 Å². The van der Waals surface area contributed by atoms with Crippen LogP contribution in [-0.4, -0.2) is 13.1 Å². The third-order valence-corrected chi connectivity index (χ3v) is 3.81. The number of aryl methyl sites for hydroxylation is 2. The molecule has 0 heterocycles. The number of rotatable bonds is 6. The molecule has 0 atom stereocenters. The largest absolute Gasteiger partial charge is 0.383 e. The summed E-state index contributed by atoms with van der Waals surface area (Å²) < 4.78 is 0. The van der Waals surface area contributed by atoms with Crippen LogP contribution in [0.4, 0.5) is 11.4 Å². The molecule has 0 aromatic heterocycles. The molecule has 2 aromatic rings. The summed E-state index contributed by atoms with van der Waals surface area (Å²) in [7, 11) is 0. The van der Waals surface area contributed by atoms with Crippen molar-refractivity contribution in [3.8, 4) is 0 Å². The molecule has 0 aliphatic carbocycles. The molecule has 2 aromatic carbocycles. The highest BCUT2D eigenvalue weighted by Gasteiger charge is 2.05. The van der Waals surface area contributed by atoms with Gasteiger partial charge in [-0.05, 0) is 42.5 Å². The molecule has 0 saturated heterocycles. The molecule has 2 nitrogen and oxygen atoms in total.